The standard InChI is InChI=1S/C8H15NO2/c1-9-7-4-2-3-6(5-7)8(10)11/h6-7,9H,2-5H2,1H3,(H,10,11)/p-1/t6-,7+/m0/s1. The van der Waals surface area contributed by atoms with Gasteiger partial charge in [-0.25, -0.2) is 0 Å². The third kappa shape index (κ3) is 2.19. The molecule has 1 saturated carbocycles. The van der Waals surface area contributed by atoms with Crippen molar-refractivity contribution in [1.82, 2.24) is 5.32 Å². The predicted molar refractivity (Wildman–Crippen MR) is 39.8 cm³/mol. The fourth-order valence-electron chi connectivity index (χ4n) is 1.67. The summed E-state index contributed by atoms with van der Waals surface area (Å²) in [5, 5.41) is 13.6. The Bertz CT molecular complexity index is 147. The highest BCUT2D eigenvalue weighted by atomic mass is 16.4. The minimum atomic E-state index is -0.884. The Balaban J connectivity index is 2.39. The Kier molecular flexibility index (Phi) is 2.88. The number of nitrogens with one attached hydrogen (secondary N) is 1. The lowest BCUT2D eigenvalue weighted by Gasteiger charge is -2.29. The van der Waals surface area contributed by atoms with E-state index in [1.807, 2.05) is 7.05 Å². The van der Waals surface area contributed by atoms with Gasteiger partial charge in [-0.15, -0.1) is 0 Å². The van der Waals surface area contributed by atoms with E-state index in [0.717, 1.165) is 25.7 Å². The zero-order valence-electron chi connectivity index (χ0n) is 6.80. The molecule has 0 bridgehead atoms. The Morgan fingerprint density at radius 1 is 1.55 bits per heavy atom. The van der Waals surface area contributed by atoms with E-state index >= 15 is 0 Å². The normalized spacial score (nSPS) is 31.7. The smallest absolute Gasteiger partial charge is 0.0445 e. The molecule has 0 saturated heterocycles. The molecule has 1 rings (SSSR count). The van der Waals surface area contributed by atoms with Crippen LogP contribution in [0, 0.1) is 5.92 Å². The number of carbonyl (C=O) groups is 1. The quantitative estimate of drug-likeness (QED) is 0.587. The van der Waals surface area contributed by atoms with Gasteiger partial charge in [0.25, 0.3) is 0 Å². The molecule has 0 amide bonds. The molecule has 0 aromatic heterocycles. The molecule has 0 spiro atoms. The minimum Gasteiger partial charge on any atom is -0.550 e. The third-order valence-corrected chi connectivity index (χ3v) is 2.42. The molecule has 0 heterocycles. The highest BCUT2D eigenvalue weighted by molar-refractivity contribution is 5.67. The second-order valence-electron chi connectivity index (χ2n) is 3.17. The van der Waals surface area contributed by atoms with Crippen LogP contribution in [0.2, 0.25) is 0 Å². The van der Waals surface area contributed by atoms with E-state index in [2.05, 4.69) is 5.32 Å². The predicted octanol–water partition coefficient (Wildman–Crippen LogP) is -0.485. The molecule has 1 N–H and O–H groups in total. The van der Waals surface area contributed by atoms with Gasteiger partial charge in [-0.2, -0.15) is 0 Å². The average Bonchev–Trinajstić information content (AvgIpc) is 2.05. The summed E-state index contributed by atoms with van der Waals surface area (Å²) in [4.78, 5) is 10.5. The SMILES string of the molecule is CN[C@@H]1CCC[C@H](C(=O)[O-])C1. The van der Waals surface area contributed by atoms with Crippen LogP contribution >= 0.6 is 0 Å². The van der Waals surface area contributed by atoms with Crippen LogP contribution < -0.4 is 10.4 Å². The molecule has 0 aliphatic heterocycles. The van der Waals surface area contributed by atoms with Crippen LogP contribution in [0.25, 0.3) is 0 Å². The molecule has 64 valence electrons. The number of hydrogen-bond donors (Lipinski definition) is 1. The molecule has 3 nitrogen and oxygen atoms in total. The molecule has 0 aromatic rings. The van der Waals surface area contributed by atoms with Gasteiger partial charge in [0.1, 0.15) is 0 Å². The molecular weight excluding hydrogens is 142 g/mol. The molecule has 0 aromatic carbocycles. The molecule has 3 heteroatoms. The molecule has 1 fully saturated rings. The molecular formula is C8H14NO2-. The first-order valence-electron chi connectivity index (χ1n) is 4.12. The first kappa shape index (κ1) is 8.53. The summed E-state index contributed by atoms with van der Waals surface area (Å²) < 4.78 is 0. The molecule has 11 heavy (non-hydrogen) atoms. The Hall–Kier alpha value is -0.570. The first-order chi connectivity index (χ1) is 5.24. The van der Waals surface area contributed by atoms with Gasteiger partial charge in [-0.1, -0.05) is 6.42 Å². The molecule has 1 aliphatic rings. The molecule has 0 unspecified atom stereocenters. The number of carboxylic acids is 1. The summed E-state index contributed by atoms with van der Waals surface area (Å²) in [6.45, 7) is 0. The van der Waals surface area contributed by atoms with Crippen LogP contribution in [-0.4, -0.2) is 19.1 Å². The van der Waals surface area contributed by atoms with Crippen molar-refractivity contribution in [3.8, 4) is 0 Å². The zero-order valence-corrected chi connectivity index (χ0v) is 6.80. The Labute approximate surface area is 66.8 Å². The van der Waals surface area contributed by atoms with Gasteiger partial charge < -0.3 is 15.2 Å². The van der Waals surface area contributed by atoms with Crippen LogP contribution in [0.1, 0.15) is 25.7 Å². The van der Waals surface area contributed by atoms with E-state index in [1.165, 1.54) is 0 Å². The number of rotatable bonds is 2. The highest BCUT2D eigenvalue weighted by Crippen LogP contribution is 2.23. The third-order valence-electron chi connectivity index (χ3n) is 2.42. The summed E-state index contributed by atoms with van der Waals surface area (Å²) in [5.74, 6) is -1.11. The van der Waals surface area contributed by atoms with Crippen molar-refractivity contribution in [3.63, 3.8) is 0 Å². The number of carbonyl (C=O) groups excluding carboxylic acids is 1. The van der Waals surface area contributed by atoms with E-state index in [-0.39, 0.29) is 5.92 Å². The minimum absolute atomic E-state index is 0.221. The maximum atomic E-state index is 10.5. The monoisotopic (exact) mass is 156 g/mol. The highest BCUT2D eigenvalue weighted by Gasteiger charge is 2.20. The molecule has 1 aliphatic carbocycles. The van der Waals surface area contributed by atoms with Crippen molar-refractivity contribution in [2.24, 2.45) is 5.92 Å². The van der Waals surface area contributed by atoms with E-state index in [4.69, 9.17) is 0 Å². The Morgan fingerprint density at radius 2 is 2.27 bits per heavy atom. The number of aliphatic carboxylic acids is 1. The topological polar surface area (TPSA) is 52.2 Å². The van der Waals surface area contributed by atoms with E-state index in [9.17, 15) is 9.90 Å². The summed E-state index contributed by atoms with van der Waals surface area (Å²) in [5.41, 5.74) is 0. The van der Waals surface area contributed by atoms with Gasteiger partial charge in [0, 0.05) is 12.0 Å². The van der Waals surface area contributed by atoms with Crippen molar-refractivity contribution >= 4 is 5.97 Å². The molecule has 2 atom stereocenters. The largest absolute Gasteiger partial charge is 0.550 e. The van der Waals surface area contributed by atoms with Gasteiger partial charge in [-0.05, 0) is 32.2 Å². The average molecular weight is 156 g/mol. The number of carboxylic acid groups (broad SMARTS) is 1. The summed E-state index contributed by atoms with van der Waals surface area (Å²) in [7, 11) is 1.88. The summed E-state index contributed by atoms with van der Waals surface area (Å²) in [6.07, 6.45) is 3.63. The van der Waals surface area contributed by atoms with E-state index < -0.39 is 5.97 Å². The lowest BCUT2D eigenvalue weighted by molar-refractivity contribution is -0.312. The van der Waals surface area contributed by atoms with Crippen LogP contribution in [-0.2, 0) is 4.79 Å². The maximum Gasteiger partial charge on any atom is 0.0445 e. The second-order valence-corrected chi connectivity index (χ2v) is 3.17. The van der Waals surface area contributed by atoms with Crippen LogP contribution in [0.5, 0.6) is 0 Å². The van der Waals surface area contributed by atoms with Crippen molar-refractivity contribution in [1.29, 1.82) is 0 Å². The summed E-state index contributed by atoms with van der Waals surface area (Å²) >= 11 is 0. The second kappa shape index (κ2) is 3.72. The lowest BCUT2D eigenvalue weighted by atomic mass is 9.86. The van der Waals surface area contributed by atoms with Crippen molar-refractivity contribution in [3.05, 3.63) is 0 Å². The van der Waals surface area contributed by atoms with Gasteiger partial charge in [0.15, 0.2) is 0 Å². The van der Waals surface area contributed by atoms with Crippen LogP contribution in [0.4, 0.5) is 0 Å². The van der Waals surface area contributed by atoms with Gasteiger partial charge >= 0.3 is 0 Å². The first-order valence-corrected chi connectivity index (χ1v) is 4.12. The van der Waals surface area contributed by atoms with Crippen molar-refractivity contribution < 1.29 is 9.90 Å². The van der Waals surface area contributed by atoms with E-state index in [1.54, 1.807) is 0 Å². The molecule has 0 radical (unpaired) electrons. The fourth-order valence-corrected chi connectivity index (χ4v) is 1.67. The Morgan fingerprint density at radius 3 is 2.82 bits per heavy atom. The fraction of sp³-hybridized carbons (Fsp3) is 0.875. The number of hydrogen-bond acceptors (Lipinski definition) is 3. The lowest BCUT2D eigenvalue weighted by Crippen LogP contribution is -2.39. The summed E-state index contributed by atoms with van der Waals surface area (Å²) in [6, 6.07) is 0.381. The zero-order chi connectivity index (χ0) is 8.27. The van der Waals surface area contributed by atoms with Gasteiger partial charge in [-0.3, -0.25) is 0 Å². The van der Waals surface area contributed by atoms with Crippen LogP contribution in [0.15, 0.2) is 0 Å². The van der Waals surface area contributed by atoms with Crippen molar-refractivity contribution in [2.75, 3.05) is 7.05 Å². The van der Waals surface area contributed by atoms with Gasteiger partial charge in [0.05, 0.1) is 0 Å². The maximum absolute atomic E-state index is 10.5. The van der Waals surface area contributed by atoms with Crippen LogP contribution in [0.3, 0.4) is 0 Å². The van der Waals surface area contributed by atoms with Crippen molar-refractivity contribution in [2.45, 2.75) is 31.7 Å². The van der Waals surface area contributed by atoms with Gasteiger partial charge in [0.2, 0.25) is 0 Å². The van der Waals surface area contributed by atoms with E-state index in [0.29, 0.717) is 6.04 Å².